The maximum Gasteiger partial charge on any atom is 0.269 e. The Morgan fingerprint density at radius 1 is 1.29 bits per heavy atom. The molecule has 5 N–H and O–H groups in total. The second-order valence-electron chi connectivity index (χ2n) is 5.79. The molecule has 0 radical (unpaired) electrons. The minimum atomic E-state index is -1.38. The predicted molar refractivity (Wildman–Crippen MR) is 94.3 cm³/mol. The maximum absolute atomic E-state index is 12.0. The quantitative estimate of drug-likeness (QED) is 0.535. The number of nitrogens with one attached hydrogen (secondary N) is 2. The van der Waals surface area contributed by atoms with E-state index in [0.717, 1.165) is 25.7 Å². The van der Waals surface area contributed by atoms with Gasteiger partial charge in [0.25, 0.3) is 11.8 Å². The number of carbonyl (C=O) groups is 2. The first-order chi connectivity index (χ1) is 11.4. The Labute approximate surface area is 147 Å². The van der Waals surface area contributed by atoms with Gasteiger partial charge in [-0.15, -0.1) is 0 Å². The summed E-state index contributed by atoms with van der Waals surface area (Å²) in [5, 5.41) is 10.5. The van der Waals surface area contributed by atoms with Crippen molar-refractivity contribution in [2.24, 2.45) is 11.7 Å². The lowest BCUT2D eigenvalue weighted by atomic mass is 9.88. The van der Waals surface area contributed by atoms with Gasteiger partial charge in [0.1, 0.15) is 6.10 Å². The highest BCUT2D eigenvalue weighted by Gasteiger charge is 2.29. The van der Waals surface area contributed by atoms with Crippen molar-refractivity contribution in [3.05, 3.63) is 34.9 Å². The minimum Gasteiger partial charge on any atom is -0.382 e. The zero-order valence-electron chi connectivity index (χ0n) is 14.1. The van der Waals surface area contributed by atoms with Gasteiger partial charge in [0.2, 0.25) is 0 Å². The van der Waals surface area contributed by atoms with Crippen LogP contribution in [0.15, 0.2) is 24.3 Å². The molecule has 134 valence electrons. The van der Waals surface area contributed by atoms with Crippen LogP contribution in [0.5, 0.6) is 0 Å². The Kier molecular flexibility index (Phi) is 8.74. The fourth-order valence-corrected chi connectivity index (χ4v) is 2.65. The molecule has 2 amide bonds. The van der Waals surface area contributed by atoms with Crippen LogP contribution in [0, 0.1) is 5.92 Å². The zero-order valence-corrected chi connectivity index (χ0v) is 14.8. The lowest BCUT2D eigenvalue weighted by molar-refractivity contribution is -0.131. The number of benzene rings is 1. The van der Waals surface area contributed by atoms with E-state index in [1.165, 1.54) is 6.07 Å². The number of nitrogens with two attached hydrogens (primary N) is 1. The van der Waals surface area contributed by atoms with Crippen LogP contribution in [-0.4, -0.2) is 29.1 Å². The van der Waals surface area contributed by atoms with Crippen molar-refractivity contribution < 1.29 is 14.7 Å². The van der Waals surface area contributed by atoms with Crippen LogP contribution in [0.1, 0.15) is 49.9 Å². The first kappa shape index (κ1) is 20.4. The van der Waals surface area contributed by atoms with E-state index in [1.807, 2.05) is 6.92 Å². The molecule has 6 nitrogen and oxygen atoms in total. The number of amides is 2. The molecule has 0 heterocycles. The van der Waals surface area contributed by atoms with E-state index >= 15 is 0 Å². The molecule has 7 heteroatoms. The highest BCUT2D eigenvalue weighted by Crippen LogP contribution is 2.18. The Morgan fingerprint density at radius 2 is 2.00 bits per heavy atom. The molecule has 24 heavy (non-hydrogen) atoms. The number of hydrazine groups is 1. The number of carbonyl (C=O) groups excluding carboxylic acids is 2. The first-order valence-corrected chi connectivity index (χ1v) is 8.57. The van der Waals surface area contributed by atoms with Gasteiger partial charge in [-0.1, -0.05) is 50.8 Å². The van der Waals surface area contributed by atoms with Gasteiger partial charge in [-0.2, -0.15) is 0 Å². The SMILES string of the molecule is CCCCC(CC)C(N)C(O)C(=O)NNC(=O)c1cccc(Cl)c1. The molecule has 3 unspecified atom stereocenters. The van der Waals surface area contributed by atoms with E-state index in [1.54, 1.807) is 18.2 Å². The normalized spacial score (nSPS) is 14.5. The summed E-state index contributed by atoms with van der Waals surface area (Å²) in [5.41, 5.74) is 10.8. The summed E-state index contributed by atoms with van der Waals surface area (Å²) in [6, 6.07) is 5.63. The third kappa shape index (κ3) is 6.11. The monoisotopic (exact) mass is 355 g/mol. The summed E-state index contributed by atoms with van der Waals surface area (Å²) in [7, 11) is 0. The Balaban J connectivity index is 2.55. The van der Waals surface area contributed by atoms with Crippen molar-refractivity contribution >= 4 is 23.4 Å². The number of unbranched alkanes of at least 4 members (excludes halogenated alkanes) is 1. The summed E-state index contributed by atoms with van der Waals surface area (Å²) in [4.78, 5) is 23.9. The average molecular weight is 356 g/mol. The summed E-state index contributed by atoms with van der Waals surface area (Å²) in [5.74, 6) is -1.20. The van der Waals surface area contributed by atoms with E-state index in [9.17, 15) is 14.7 Å². The zero-order chi connectivity index (χ0) is 18.1. The van der Waals surface area contributed by atoms with Gasteiger partial charge in [0.05, 0.1) is 0 Å². The molecule has 3 atom stereocenters. The van der Waals surface area contributed by atoms with Crippen LogP contribution in [-0.2, 0) is 4.79 Å². The second kappa shape index (κ2) is 10.3. The fraction of sp³-hybridized carbons (Fsp3) is 0.529. The van der Waals surface area contributed by atoms with Gasteiger partial charge in [-0.3, -0.25) is 20.4 Å². The first-order valence-electron chi connectivity index (χ1n) is 8.20. The standard InChI is InChI=1S/C17H26ClN3O3/c1-3-5-7-11(4-2)14(19)15(22)17(24)21-20-16(23)12-8-6-9-13(18)10-12/h6,8-11,14-15,22H,3-5,7,19H2,1-2H3,(H,20,23)(H,21,24). The second-order valence-corrected chi connectivity index (χ2v) is 6.22. The number of hydrogen-bond acceptors (Lipinski definition) is 4. The van der Waals surface area contributed by atoms with Crippen LogP contribution in [0.4, 0.5) is 0 Å². The summed E-state index contributed by atoms with van der Waals surface area (Å²) in [6.45, 7) is 4.05. The Morgan fingerprint density at radius 3 is 2.58 bits per heavy atom. The van der Waals surface area contributed by atoms with Gasteiger partial charge in [-0.05, 0) is 30.5 Å². The molecule has 0 aromatic heterocycles. The van der Waals surface area contributed by atoms with Gasteiger partial charge in [0, 0.05) is 16.6 Å². The van der Waals surface area contributed by atoms with Crippen LogP contribution < -0.4 is 16.6 Å². The van der Waals surface area contributed by atoms with Crippen molar-refractivity contribution in [1.82, 2.24) is 10.9 Å². The average Bonchev–Trinajstić information content (AvgIpc) is 2.59. The van der Waals surface area contributed by atoms with Crippen molar-refractivity contribution in [3.8, 4) is 0 Å². The molecule has 0 aliphatic carbocycles. The van der Waals surface area contributed by atoms with E-state index in [-0.39, 0.29) is 5.92 Å². The fourth-order valence-electron chi connectivity index (χ4n) is 2.46. The Hall–Kier alpha value is -1.63. The maximum atomic E-state index is 12.0. The van der Waals surface area contributed by atoms with Gasteiger partial charge in [-0.25, -0.2) is 0 Å². The molecule has 0 aliphatic rings. The number of halogens is 1. The molecule has 0 bridgehead atoms. The molecule has 0 spiro atoms. The number of aliphatic hydroxyl groups is 1. The van der Waals surface area contributed by atoms with Crippen molar-refractivity contribution in [2.45, 2.75) is 51.7 Å². The lowest BCUT2D eigenvalue weighted by Crippen LogP contribution is -2.54. The topological polar surface area (TPSA) is 104 Å². The van der Waals surface area contributed by atoms with Crippen molar-refractivity contribution in [1.29, 1.82) is 0 Å². The van der Waals surface area contributed by atoms with E-state index in [2.05, 4.69) is 17.8 Å². The number of rotatable bonds is 8. The summed E-state index contributed by atoms with van der Waals surface area (Å²) in [6.07, 6.45) is 2.27. The third-order valence-corrected chi connectivity index (χ3v) is 4.25. The molecule has 1 aromatic carbocycles. The van der Waals surface area contributed by atoms with Crippen LogP contribution >= 0.6 is 11.6 Å². The molecule has 0 saturated carbocycles. The Bertz CT molecular complexity index is 554. The molecule has 1 aromatic rings. The van der Waals surface area contributed by atoms with Crippen molar-refractivity contribution in [2.75, 3.05) is 0 Å². The van der Waals surface area contributed by atoms with Crippen LogP contribution in [0.25, 0.3) is 0 Å². The molecule has 0 aliphatic heterocycles. The summed E-state index contributed by atoms with van der Waals surface area (Å²) >= 11 is 5.81. The van der Waals surface area contributed by atoms with Crippen molar-refractivity contribution in [3.63, 3.8) is 0 Å². The molecule has 1 rings (SSSR count). The van der Waals surface area contributed by atoms with Gasteiger partial charge < -0.3 is 10.8 Å². The molecular weight excluding hydrogens is 330 g/mol. The highest BCUT2D eigenvalue weighted by molar-refractivity contribution is 6.30. The smallest absolute Gasteiger partial charge is 0.269 e. The lowest BCUT2D eigenvalue weighted by Gasteiger charge is -2.26. The number of hydrogen-bond donors (Lipinski definition) is 4. The van der Waals surface area contributed by atoms with E-state index in [4.69, 9.17) is 17.3 Å². The summed E-state index contributed by atoms with van der Waals surface area (Å²) < 4.78 is 0. The number of aliphatic hydroxyl groups excluding tert-OH is 1. The largest absolute Gasteiger partial charge is 0.382 e. The molecular formula is C17H26ClN3O3. The third-order valence-electron chi connectivity index (χ3n) is 4.02. The van der Waals surface area contributed by atoms with Gasteiger partial charge >= 0.3 is 0 Å². The van der Waals surface area contributed by atoms with E-state index in [0.29, 0.717) is 10.6 Å². The predicted octanol–water partition coefficient (Wildman–Crippen LogP) is 2.01. The van der Waals surface area contributed by atoms with E-state index < -0.39 is 24.0 Å². The van der Waals surface area contributed by atoms with Gasteiger partial charge in [0.15, 0.2) is 0 Å². The van der Waals surface area contributed by atoms with Crippen LogP contribution in [0.2, 0.25) is 5.02 Å². The molecule has 0 saturated heterocycles. The minimum absolute atomic E-state index is 0.0503. The molecule has 0 fully saturated rings. The highest BCUT2D eigenvalue weighted by atomic mass is 35.5. The van der Waals surface area contributed by atoms with Crippen LogP contribution in [0.3, 0.4) is 0 Å².